The Morgan fingerprint density at radius 3 is 2.64 bits per heavy atom. The molecule has 0 aliphatic heterocycles. The van der Waals surface area contributed by atoms with E-state index in [1.165, 1.54) is 6.07 Å². The minimum atomic E-state index is 0.211. The molecule has 0 spiro atoms. The SMILES string of the molecule is CCCCOc1nc(Cl)c(Cl)cc1Cl. The molecule has 1 aromatic rings. The van der Waals surface area contributed by atoms with E-state index in [0.717, 1.165) is 12.8 Å². The number of hydrogen-bond acceptors (Lipinski definition) is 2. The Balaban J connectivity index is 2.72. The second-order valence-corrected chi connectivity index (χ2v) is 3.92. The van der Waals surface area contributed by atoms with Crippen molar-refractivity contribution in [1.29, 1.82) is 0 Å². The maximum Gasteiger partial charge on any atom is 0.234 e. The van der Waals surface area contributed by atoms with E-state index in [0.29, 0.717) is 22.5 Å². The second-order valence-electron chi connectivity index (χ2n) is 2.75. The van der Waals surface area contributed by atoms with Crippen molar-refractivity contribution < 1.29 is 4.74 Å². The molecular formula is C9H10Cl3NO. The largest absolute Gasteiger partial charge is 0.477 e. The number of unbranched alkanes of at least 4 members (excludes halogenated alkanes) is 1. The van der Waals surface area contributed by atoms with Crippen molar-refractivity contribution in [1.82, 2.24) is 4.98 Å². The normalized spacial score (nSPS) is 10.3. The van der Waals surface area contributed by atoms with Crippen LogP contribution in [0.2, 0.25) is 15.2 Å². The maximum absolute atomic E-state index is 5.85. The Hall–Kier alpha value is -0.180. The lowest BCUT2D eigenvalue weighted by molar-refractivity contribution is 0.298. The van der Waals surface area contributed by atoms with Gasteiger partial charge in [0.1, 0.15) is 5.02 Å². The standard InChI is InChI=1S/C9H10Cl3NO/c1-2-3-4-14-9-7(11)5-6(10)8(12)13-9/h5H,2-4H2,1H3. The number of pyridine rings is 1. The molecule has 0 fully saturated rings. The minimum absolute atomic E-state index is 0.211. The van der Waals surface area contributed by atoms with Crippen molar-refractivity contribution in [2.24, 2.45) is 0 Å². The summed E-state index contributed by atoms with van der Waals surface area (Å²) in [5, 5.41) is 0.928. The van der Waals surface area contributed by atoms with E-state index in [1.807, 2.05) is 0 Å². The molecule has 2 nitrogen and oxygen atoms in total. The predicted octanol–water partition coefficient (Wildman–Crippen LogP) is 4.22. The lowest BCUT2D eigenvalue weighted by atomic mass is 10.4. The summed E-state index contributed by atoms with van der Waals surface area (Å²) in [5.74, 6) is 0.342. The van der Waals surface area contributed by atoms with Gasteiger partial charge in [0.15, 0.2) is 5.15 Å². The van der Waals surface area contributed by atoms with Gasteiger partial charge in [0, 0.05) is 0 Å². The molecule has 0 aromatic carbocycles. The highest BCUT2D eigenvalue weighted by molar-refractivity contribution is 6.42. The fourth-order valence-corrected chi connectivity index (χ4v) is 1.39. The Kier molecular flexibility index (Phi) is 4.79. The van der Waals surface area contributed by atoms with E-state index in [4.69, 9.17) is 39.5 Å². The van der Waals surface area contributed by atoms with Crippen molar-refractivity contribution in [3.05, 3.63) is 21.3 Å². The molecule has 1 heterocycles. The van der Waals surface area contributed by atoms with Gasteiger partial charge in [-0.25, -0.2) is 0 Å². The molecule has 0 amide bonds. The van der Waals surface area contributed by atoms with Crippen LogP contribution in [0, 0.1) is 0 Å². The molecule has 14 heavy (non-hydrogen) atoms. The Labute approximate surface area is 98.1 Å². The van der Waals surface area contributed by atoms with Gasteiger partial charge in [-0.2, -0.15) is 4.98 Å². The van der Waals surface area contributed by atoms with Crippen LogP contribution in [0.4, 0.5) is 0 Å². The summed E-state index contributed by atoms with van der Waals surface area (Å²) in [6, 6.07) is 1.53. The zero-order chi connectivity index (χ0) is 10.6. The summed E-state index contributed by atoms with van der Waals surface area (Å²) in [6.07, 6.45) is 2.01. The summed E-state index contributed by atoms with van der Waals surface area (Å²) in [7, 11) is 0. The van der Waals surface area contributed by atoms with E-state index in [1.54, 1.807) is 0 Å². The van der Waals surface area contributed by atoms with E-state index in [9.17, 15) is 0 Å². The highest BCUT2D eigenvalue weighted by Gasteiger charge is 2.08. The van der Waals surface area contributed by atoms with Gasteiger partial charge < -0.3 is 4.74 Å². The van der Waals surface area contributed by atoms with Gasteiger partial charge in [-0.15, -0.1) is 0 Å². The van der Waals surface area contributed by atoms with Gasteiger partial charge >= 0.3 is 0 Å². The first-order valence-corrected chi connectivity index (χ1v) is 5.43. The Morgan fingerprint density at radius 1 is 1.29 bits per heavy atom. The van der Waals surface area contributed by atoms with Gasteiger partial charge in [-0.3, -0.25) is 0 Å². The van der Waals surface area contributed by atoms with Crippen LogP contribution in [0.25, 0.3) is 0 Å². The zero-order valence-corrected chi connectivity index (χ0v) is 9.96. The molecular weight excluding hydrogens is 244 g/mol. The molecule has 78 valence electrons. The molecule has 0 bridgehead atoms. The van der Waals surface area contributed by atoms with Crippen molar-refractivity contribution >= 4 is 34.8 Å². The molecule has 0 atom stereocenters. The van der Waals surface area contributed by atoms with Gasteiger partial charge in [-0.05, 0) is 12.5 Å². The number of rotatable bonds is 4. The lowest BCUT2D eigenvalue weighted by Gasteiger charge is -2.06. The monoisotopic (exact) mass is 253 g/mol. The predicted molar refractivity (Wildman–Crippen MR) is 59.7 cm³/mol. The van der Waals surface area contributed by atoms with E-state index in [2.05, 4.69) is 11.9 Å². The third-order valence-corrected chi connectivity index (χ3v) is 2.53. The Bertz CT molecular complexity index is 317. The molecule has 0 unspecified atom stereocenters. The summed E-state index contributed by atoms with van der Waals surface area (Å²) in [4.78, 5) is 3.92. The van der Waals surface area contributed by atoms with Crippen LogP contribution in [0.3, 0.4) is 0 Å². The molecule has 1 rings (SSSR count). The van der Waals surface area contributed by atoms with Gasteiger partial charge in [0.25, 0.3) is 0 Å². The zero-order valence-electron chi connectivity index (χ0n) is 7.69. The molecule has 0 saturated heterocycles. The third kappa shape index (κ3) is 3.19. The average Bonchev–Trinajstić information content (AvgIpc) is 2.14. The van der Waals surface area contributed by atoms with Gasteiger partial charge in [0.2, 0.25) is 5.88 Å². The Morgan fingerprint density at radius 2 is 2.00 bits per heavy atom. The maximum atomic E-state index is 5.85. The van der Waals surface area contributed by atoms with Gasteiger partial charge in [0.05, 0.1) is 11.6 Å². The number of nitrogens with zero attached hydrogens (tertiary/aromatic N) is 1. The minimum Gasteiger partial charge on any atom is -0.477 e. The van der Waals surface area contributed by atoms with Crippen LogP contribution >= 0.6 is 34.8 Å². The summed E-state index contributed by atoms with van der Waals surface area (Å²) in [5.41, 5.74) is 0. The lowest BCUT2D eigenvalue weighted by Crippen LogP contribution is -1.99. The number of hydrogen-bond donors (Lipinski definition) is 0. The molecule has 1 aromatic heterocycles. The summed E-state index contributed by atoms with van der Waals surface area (Å²) >= 11 is 17.3. The first kappa shape index (κ1) is 11.9. The number of ether oxygens (including phenoxy) is 1. The highest BCUT2D eigenvalue weighted by atomic mass is 35.5. The second kappa shape index (κ2) is 5.64. The molecule has 0 aliphatic rings. The van der Waals surface area contributed by atoms with Crippen LogP contribution in [0.1, 0.15) is 19.8 Å². The van der Waals surface area contributed by atoms with Crippen LogP contribution in [-0.4, -0.2) is 11.6 Å². The van der Waals surface area contributed by atoms with E-state index < -0.39 is 0 Å². The van der Waals surface area contributed by atoms with Crippen LogP contribution < -0.4 is 4.74 Å². The van der Waals surface area contributed by atoms with Crippen LogP contribution in [0.5, 0.6) is 5.88 Å². The highest BCUT2D eigenvalue weighted by Crippen LogP contribution is 2.30. The fourth-order valence-electron chi connectivity index (χ4n) is 0.843. The first-order chi connectivity index (χ1) is 6.65. The average molecular weight is 255 g/mol. The summed E-state index contributed by atoms with van der Waals surface area (Å²) in [6.45, 7) is 2.66. The van der Waals surface area contributed by atoms with Crippen molar-refractivity contribution in [3.63, 3.8) is 0 Å². The topological polar surface area (TPSA) is 22.1 Å². The molecule has 0 N–H and O–H groups in total. The molecule has 0 aliphatic carbocycles. The molecule has 0 saturated carbocycles. The first-order valence-electron chi connectivity index (χ1n) is 4.29. The fraction of sp³-hybridized carbons (Fsp3) is 0.444. The van der Waals surface area contributed by atoms with E-state index in [-0.39, 0.29) is 5.15 Å². The van der Waals surface area contributed by atoms with Crippen molar-refractivity contribution in [2.45, 2.75) is 19.8 Å². The molecule has 0 radical (unpaired) electrons. The van der Waals surface area contributed by atoms with Gasteiger partial charge in [-0.1, -0.05) is 48.1 Å². The van der Waals surface area contributed by atoms with Crippen LogP contribution in [0.15, 0.2) is 6.07 Å². The number of halogens is 3. The number of aromatic nitrogens is 1. The van der Waals surface area contributed by atoms with Crippen molar-refractivity contribution in [2.75, 3.05) is 6.61 Å². The smallest absolute Gasteiger partial charge is 0.234 e. The van der Waals surface area contributed by atoms with Crippen LogP contribution in [-0.2, 0) is 0 Å². The summed E-state index contributed by atoms with van der Waals surface area (Å²) < 4.78 is 5.33. The third-order valence-electron chi connectivity index (χ3n) is 1.59. The van der Waals surface area contributed by atoms with E-state index >= 15 is 0 Å². The molecule has 5 heteroatoms. The van der Waals surface area contributed by atoms with Crippen molar-refractivity contribution in [3.8, 4) is 5.88 Å². The quantitative estimate of drug-likeness (QED) is 0.593.